The lowest BCUT2D eigenvalue weighted by Gasteiger charge is -1.98. The van der Waals surface area contributed by atoms with E-state index in [0.29, 0.717) is 5.02 Å². The fourth-order valence-corrected chi connectivity index (χ4v) is 0.946. The van der Waals surface area contributed by atoms with Crippen molar-refractivity contribution >= 4 is 23.4 Å². The second-order valence-corrected chi connectivity index (χ2v) is 2.97. The molecule has 0 radical (unpaired) electrons. The van der Waals surface area contributed by atoms with Gasteiger partial charge in [0.05, 0.1) is 12.1 Å². The zero-order valence-electron chi connectivity index (χ0n) is 7.49. The number of hydrogen-bond acceptors (Lipinski definition) is 4. The average Bonchev–Trinajstić information content (AvgIpc) is 2.18. The van der Waals surface area contributed by atoms with Crippen LogP contribution in [0.1, 0.15) is 16.9 Å². The molecule has 0 fully saturated rings. The van der Waals surface area contributed by atoms with Crippen LogP contribution in [0, 0.1) is 0 Å². The second-order valence-electron chi connectivity index (χ2n) is 2.54. The number of hydrogen-bond donors (Lipinski definition) is 0. The molecular weight excluding hydrogens is 206 g/mol. The van der Waals surface area contributed by atoms with E-state index in [9.17, 15) is 9.59 Å². The van der Waals surface area contributed by atoms with Crippen LogP contribution in [0.25, 0.3) is 0 Å². The summed E-state index contributed by atoms with van der Waals surface area (Å²) in [5.41, 5.74) is 0.208. The highest BCUT2D eigenvalue weighted by molar-refractivity contribution is 6.30. The van der Waals surface area contributed by atoms with E-state index in [2.05, 4.69) is 9.72 Å². The number of methoxy groups -OCH3 is 1. The van der Waals surface area contributed by atoms with Gasteiger partial charge < -0.3 is 4.74 Å². The minimum atomic E-state index is -0.577. The van der Waals surface area contributed by atoms with Crippen molar-refractivity contribution in [2.75, 3.05) is 7.11 Å². The molecule has 74 valence electrons. The van der Waals surface area contributed by atoms with Crippen molar-refractivity contribution in [1.29, 1.82) is 0 Å². The molecule has 0 saturated heterocycles. The van der Waals surface area contributed by atoms with Crippen LogP contribution in [-0.4, -0.2) is 23.8 Å². The molecule has 0 atom stereocenters. The summed E-state index contributed by atoms with van der Waals surface area (Å²) in [6, 6.07) is 3.01. The second kappa shape index (κ2) is 4.72. The van der Waals surface area contributed by atoms with Crippen LogP contribution in [0.2, 0.25) is 5.02 Å². The summed E-state index contributed by atoms with van der Waals surface area (Å²) in [6.45, 7) is 0. The van der Waals surface area contributed by atoms with Gasteiger partial charge in [-0.3, -0.25) is 14.6 Å². The topological polar surface area (TPSA) is 56.3 Å². The molecule has 0 unspecified atom stereocenters. The maximum atomic E-state index is 11.3. The number of ether oxygens (including phenoxy) is 1. The van der Waals surface area contributed by atoms with Gasteiger partial charge in [0.25, 0.3) is 0 Å². The lowest BCUT2D eigenvalue weighted by Crippen LogP contribution is -2.10. The molecule has 0 bridgehead atoms. The van der Waals surface area contributed by atoms with Crippen LogP contribution in [0.15, 0.2) is 18.3 Å². The van der Waals surface area contributed by atoms with E-state index in [-0.39, 0.29) is 17.9 Å². The summed E-state index contributed by atoms with van der Waals surface area (Å²) >= 11 is 5.58. The highest BCUT2D eigenvalue weighted by atomic mass is 35.5. The number of carbonyl (C=O) groups is 2. The standard InChI is InChI=1S/C9H8ClNO3/c1-14-9(13)4-8(12)7-3-2-6(10)5-11-7/h2-3,5H,4H2,1H3. The molecular formula is C9H8ClNO3. The molecule has 0 aromatic carbocycles. The van der Waals surface area contributed by atoms with Gasteiger partial charge in [-0.15, -0.1) is 0 Å². The smallest absolute Gasteiger partial charge is 0.313 e. The number of esters is 1. The van der Waals surface area contributed by atoms with Crippen molar-refractivity contribution in [3.8, 4) is 0 Å². The van der Waals surface area contributed by atoms with Crippen LogP contribution in [-0.2, 0) is 9.53 Å². The summed E-state index contributed by atoms with van der Waals surface area (Å²) in [5, 5.41) is 0.444. The minimum absolute atomic E-state index is 0.208. The maximum Gasteiger partial charge on any atom is 0.313 e. The first-order chi connectivity index (χ1) is 6.63. The van der Waals surface area contributed by atoms with Crippen molar-refractivity contribution in [3.05, 3.63) is 29.0 Å². The third-order valence-electron chi connectivity index (χ3n) is 1.55. The van der Waals surface area contributed by atoms with Crippen LogP contribution in [0.5, 0.6) is 0 Å². The van der Waals surface area contributed by atoms with Crippen molar-refractivity contribution in [2.45, 2.75) is 6.42 Å². The molecule has 14 heavy (non-hydrogen) atoms. The summed E-state index contributed by atoms with van der Waals surface area (Å²) in [5.74, 6) is -0.958. The number of halogens is 1. The van der Waals surface area contributed by atoms with Gasteiger partial charge in [-0.05, 0) is 12.1 Å². The lowest BCUT2D eigenvalue weighted by molar-refractivity contribution is -0.139. The monoisotopic (exact) mass is 213 g/mol. The third-order valence-corrected chi connectivity index (χ3v) is 1.77. The van der Waals surface area contributed by atoms with Crippen LogP contribution in [0.3, 0.4) is 0 Å². The van der Waals surface area contributed by atoms with E-state index in [1.165, 1.54) is 19.4 Å². The van der Waals surface area contributed by atoms with Gasteiger partial charge in [0, 0.05) is 6.20 Å². The molecule has 0 aliphatic rings. The van der Waals surface area contributed by atoms with Crippen molar-refractivity contribution < 1.29 is 14.3 Å². The molecule has 1 aromatic heterocycles. The van der Waals surface area contributed by atoms with E-state index in [1.807, 2.05) is 0 Å². The van der Waals surface area contributed by atoms with Gasteiger partial charge >= 0.3 is 5.97 Å². The van der Waals surface area contributed by atoms with Gasteiger partial charge in [-0.25, -0.2) is 0 Å². The Morgan fingerprint density at radius 3 is 2.71 bits per heavy atom. The molecule has 0 aliphatic carbocycles. The fraction of sp³-hybridized carbons (Fsp3) is 0.222. The molecule has 1 rings (SSSR count). The van der Waals surface area contributed by atoms with E-state index < -0.39 is 5.97 Å². The highest BCUT2D eigenvalue weighted by Gasteiger charge is 2.12. The minimum Gasteiger partial charge on any atom is -0.469 e. The van der Waals surface area contributed by atoms with Crippen LogP contribution >= 0.6 is 11.6 Å². The summed E-state index contributed by atoms with van der Waals surface area (Å²) < 4.78 is 4.35. The number of carbonyl (C=O) groups excluding carboxylic acids is 2. The molecule has 1 heterocycles. The number of ketones is 1. The summed E-state index contributed by atoms with van der Waals surface area (Å²) in [6.07, 6.45) is 1.05. The molecule has 0 saturated carbocycles. The maximum absolute atomic E-state index is 11.3. The number of Topliss-reactive ketones (excluding diaryl/α,β-unsaturated/α-hetero) is 1. The first kappa shape index (κ1) is 10.7. The van der Waals surface area contributed by atoms with Gasteiger partial charge in [-0.1, -0.05) is 11.6 Å². The number of rotatable bonds is 3. The normalized spacial score (nSPS) is 9.57. The van der Waals surface area contributed by atoms with Gasteiger partial charge in [0.1, 0.15) is 12.1 Å². The van der Waals surface area contributed by atoms with Crippen LogP contribution < -0.4 is 0 Å². The van der Waals surface area contributed by atoms with Gasteiger partial charge in [0.15, 0.2) is 5.78 Å². The number of pyridine rings is 1. The number of aromatic nitrogens is 1. The first-order valence-electron chi connectivity index (χ1n) is 3.85. The van der Waals surface area contributed by atoms with Crippen molar-refractivity contribution in [1.82, 2.24) is 4.98 Å². The van der Waals surface area contributed by atoms with E-state index >= 15 is 0 Å². The Morgan fingerprint density at radius 2 is 2.21 bits per heavy atom. The Balaban J connectivity index is 2.70. The van der Waals surface area contributed by atoms with Crippen LogP contribution in [0.4, 0.5) is 0 Å². The quantitative estimate of drug-likeness (QED) is 0.434. The molecule has 5 heteroatoms. The highest BCUT2D eigenvalue weighted by Crippen LogP contribution is 2.07. The molecule has 1 aromatic rings. The molecule has 0 aliphatic heterocycles. The van der Waals surface area contributed by atoms with Crippen molar-refractivity contribution in [3.63, 3.8) is 0 Å². The Hall–Kier alpha value is -1.42. The fourth-order valence-electron chi connectivity index (χ4n) is 0.835. The van der Waals surface area contributed by atoms with Gasteiger partial charge in [0.2, 0.25) is 0 Å². The SMILES string of the molecule is COC(=O)CC(=O)c1ccc(Cl)cn1. The zero-order valence-corrected chi connectivity index (χ0v) is 8.25. The molecule has 4 nitrogen and oxygen atoms in total. The van der Waals surface area contributed by atoms with E-state index in [0.717, 1.165) is 0 Å². The Labute approximate surface area is 85.9 Å². The lowest BCUT2D eigenvalue weighted by atomic mass is 10.2. The summed E-state index contributed by atoms with van der Waals surface area (Å²) in [7, 11) is 1.23. The Morgan fingerprint density at radius 1 is 1.50 bits per heavy atom. The van der Waals surface area contributed by atoms with E-state index in [4.69, 9.17) is 11.6 Å². The first-order valence-corrected chi connectivity index (χ1v) is 4.23. The predicted octanol–water partition coefficient (Wildman–Crippen LogP) is 1.48. The van der Waals surface area contributed by atoms with Gasteiger partial charge in [-0.2, -0.15) is 0 Å². The Bertz CT molecular complexity index is 348. The largest absolute Gasteiger partial charge is 0.469 e. The van der Waals surface area contributed by atoms with Crippen molar-refractivity contribution in [2.24, 2.45) is 0 Å². The molecule has 0 amide bonds. The zero-order chi connectivity index (χ0) is 10.6. The molecule has 0 N–H and O–H groups in total. The average molecular weight is 214 g/mol. The predicted molar refractivity (Wildman–Crippen MR) is 50.2 cm³/mol. The summed E-state index contributed by atoms with van der Waals surface area (Å²) in [4.78, 5) is 25.9. The molecule has 0 spiro atoms. The van der Waals surface area contributed by atoms with E-state index in [1.54, 1.807) is 6.07 Å². The Kier molecular flexibility index (Phi) is 3.59. The number of nitrogens with zero attached hydrogens (tertiary/aromatic N) is 1. The third kappa shape index (κ3) is 2.81.